The Morgan fingerprint density at radius 2 is 1.72 bits per heavy atom. The van der Waals surface area contributed by atoms with Gasteiger partial charge >= 0.3 is 0 Å². The minimum Gasteiger partial charge on any atom is -0.351 e. The molecule has 0 aliphatic rings. The number of nitrogens with zero attached hydrogens (tertiary/aromatic N) is 2. The summed E-state index contributed by atoms with van der Waals surface area (Å²) in [5.41, 5.74) is 3.47. The second-order valence-corrected chi connectivity index (χ2v) is 8.92. The Morgan fingerprint density at radius 1 is 1.07 bits per heavy atom. The highest BCUT2D eigenvalue weighted by Gasteiger charge is 2.15. The number of aryl methyl sites for hydroxylation is 2. The number of nitrogens with one attached hydrogen (secondary N) is 1. The molecular weight excluding hydrogens is 393 g/mol. The number of carbonyl (C=O) groups excluding carboxylic acids is 1. The zero-order valence-corrected chi connectivity index (χ0v) is 17.0. The molecule has 0 aliphatic heterocycles. The van der Waals surface area contributed by atoms with Gasteiger partial charge in [-0.15, -0.1) is 0 Å². The lowest BCUT2D eigenvalue weighted by atomic mass is 10.1. The average Bonchev–Trinajstić information content (AvgIpc) is 2.99. The molecule has 1 amide bonds. The molecule has 1 N–H and O–H groups in total. The first-order chi connectivity index (χ1) is 13.7. The van der Waals surface area contributed by atoms with Crippen LogP contribution in [0, 0.1) is 19.7 Å². The molecule has 0 radical (unpaired) electrons. The van der Waals surface area contributed by atoms with Crippen molar-refractivity contribution in [1.29, 1.82) is 0 Å². The maximum atomic E-state index is 12.9. The molecule has 1 aromatic heterocycles. The minimum absolute atomic E-state index is 0.0293. The summed E-state index contributed by atoms with van der Waals surface area (Å²) < 4.78 is 39.3. The number of halogens is 1. The van der Waals surface area contributed by atoms with E-state index in [0.29, 0.717) is 12.1 Å². The molecule has 29 heavy (non-hydrogen) atoms. The molecule has 3 aromatic rings. The van der Waals surface area contributed by atoms with E-state index in [1.165, 1.54) is 12.1 Å². The highest BCUT2D eigenvalue weighted by molar-refractivity contribution is 7.91. The molecule has 0 saturated carbocycles. The fraction of sp³-hybridized carbons (Fsp3) is 0.238. The summed E-state index contributed by atoms with van der Waals surface area (Å²) in [5.74, 6) is -1.11. The van der Waals surface area contributed by atoms with Crippen molar-refractivity contribution < 1.29 is 17.6 Å². The van der Waals surface area contributed by atoms with Crippen molar-refractivity contribution >= 4 is 15.7 Å². The number of rotatable bonds is 7. The predicted molar refractivity (Wildman–Crippen MR) is 108 cm³/mol. The van der Waals surface area contributed by atoms with Crippen LogP contribution in [0.25, 0.3) is 0 Å². The van der Waals surface area contributed by atoms with Gasteiger partial charge in [0.15, 0.2) is 9.84 Å². The third kappa shape index (κ3) is 5.29. The molecular formula is C21H22FN3O3S. The lowest BCUT2D eigenvalue weighted by molar-refractivity contribution is 0.0956. The second kappa shape index (κ2) is 8.57. The molecule has 8 heteroatoms. The van der Waals surface area contributed by atoms with Gasteiger partial charge in [-0.1, -0.05) is 12.1 Å². The molecule has 0 fully saturated rings. The summed E-state index contributed by atoms with van der Waals surface area (Å²) in [5, 5.41) is 7.02. The number of hydrogen-bond acceptors (Lipinski definition) is 4. The fourth-order valence-corrected chi connectivity index (χ4v) is 4.09. The van der Waals surface area contributed by atoms with Crippen molar-refractivity contribution in [3.63, 3.8) is 0 Å². The zero-order chi connectivity index (χ0) is 21.0. The van der Waals surface area contributed by atoms with Crippen molar-refractivity contribution in [2.75, 3.05) is 12.3 Å². The van der Waals surface area contributed by atoms with E-state index in [0.717, 1.165) is 29.1 Å². The van der Waals surface area contributed by atoms with Crippen molar-refractivity contribution in [2.45, 2.75) is 25.3 Å². The summed E-state index contributed by atoms with van der Waals surface area (Å²) >= 11 is 0. The standard InChI is InChI=1S/C21H22FN3O3S/c1-15-13-16(2)25(24-15)14-17-3-5-18(6-4-17)21(26)23-11-12-29(27,28)20-9-7-19(22)8-10-20/h3-10,13H,11-12,14H2,1-2H3,(H,23,26). The minimum atomic E-state index is -3.59. The Labute approximate surface area is 169 Å². The summed E-state index contributed by atoms with van der Waals surface area (Å²) in [6, 6.07) is 13.7. The van der Waals surface area contributed by atoms with Gasteiger partial charge in [-0.2, -0.15) is 5.10 Å². The summed E-state index contributed by atoms with van der Waals surface area (Å²) in [6.45, 7) is 4.50. The first-order valence-corrected chi connectivity index (χ1v) is 10.8. The van der Waals surface area contributed by atoms with Crippen LogP contribution >= 0.6 is 0 Å². The Kier molecular flexibility index (Phi) is 6.12. The Balaban J connectivity index is 1.55. The van der Waals surface area contributed by atoms with Crippen LogP contribution in [-0.4, -0.2) is 36.4 Å². The van der Waals surface area contributed by atoms with Gasteiger partial charge in [0.2, 0.25) is 0 Å². The molecule has 0 saturated heterocycles. The third-order valence-corrected chi connectivity index (χ3v) is 6.21. The molecule has 0 bridgehead atoms. The van der Waals surface area contributed by atoms with Gasteiger partial charge in [0.25, 0.3) is 5.91 Å². The van der Waals surface area contributed by atoms with E-state index < -0.39 is 15.7 Å². The van der Waals surface area contributed by atoms with Gasteiger partial charge in [0.05, 0.1) is 22.9 Å². The second-order valence-electron chi connectivity index (χ2n) is 6.81. The van der Waals surface area contributed by atoms with E-state index in [2.05, 4.69) is 10.4 Å². The van der Waals surface area contributed by atoms with Crippen molar-refractivity contribution in [3.05, 3.63) is 82.9 Å². The molecule has 6 nitrogen and oxygen atoms in total. The van der Waals surface area contributed by atoms with Crippen LogP contribution in [0.4, 0.5) is 4.39 Å². The number of carbonyl (C=O) groups is 1. The van der Waals surface area contributed by atoms with E-state index in [1.807, 2.05) is 36.7 Å². The first-order valence-electron chi connectivity index (χ1n) is 9.11. The van der Waals surface area contributed by atoms with Gasteiger partial charge in [-0.05, 0) is 61.9 Å². The highest BCUT2D eigenvalue weighted by atomic mass is 32.2. The van der Waals surface area contributed by atoms with Crippen LogP contribution < -0.4 is 5.32 Å². The maximum Gasteiger partial charge on any atom is 0.251 e. The number of hydrogen-bond donors (Lipinski definition) is 1. The number of sulfone groups is 1. The van der Waals surface area contributed by atoms with E-state index in [-0.39, 0.29) is 23.1 Å². The first kappa shape index (κ1) is 20.7. The van der Waals surface area contributed by atoms with E-state index in [1.54, 1.807) is 12.1 Å². The number of amides is 1. The largest absolute Gasteiger partial charge is 0.351 e. The van der Waals surface area contributed by atoms with Crippen LogP contribution in [-0.2, 0) is 16.4 Å². The average molecular weight is 415 g/mol. The van der Waals surface area contributed by atoms with Crippen molar-refractivity contribution in [3.8, 4) is 0 Å². The van der Waals surface area contributed by atoms with Gasteiger partial charge in [-0.3, -0.25) is 9.48 Å². The van der Waals surface area contributed by atoms with Gasteiger partial charge in [-0.25, -0.2) is 12.8 Å². The quantitative estimate of drug-likeness (QED) is 0.602. The van der Waals surface area contributed by atoms with E-state index >= 15 is 0 Å². The topological polar surface area (TPSA) is 81.1 Å². The molecule has 0 aliphatic carbocycles. The smallest absolute Gasteiger partial charge is 0.251 e. The number of aromatic nitrogens is 2. The molecule has 3 rings (SSSR count). The maximum absolute atomic E-state index is 12.9. The molecule has 0 atom stereocenters. The molecule has 2 aromatic carbocycles. The Morgan fingerprint density at radius 3 is 2.31 bits per heavy atom. The highest BCUT2D eigenvalue weighted by Crippen LogP contribution is 2.12. The van der Waals surface area contributed by atoms with Crippen LogP contribution in [0.2, 0.25) is 0 Å². The molecule has 0 unspecified atom stereocenters. The Bertz CT molecular complexity index is 1110. The van der Waals surface area contributed by atoms with Crippen molar-refractivity contribution in [2.24, 2.45) is 0 Å². The lowest BCUT2D eigenvalue weighted by Gasteiger charge is -2.08. The van der Waals surface area contributed by atoms with Crippen LogP contribution in [0.5, 0.6) is 0 Å². The monoisotopic (exact) mass is 415 g/mol. The van der Waals surface area contributed by atoms with Gasteiger partial charge in [0, 0.05) is 17.8 Å². The summed E-state index contributed by atoms with van der Waals surface area (Å²) in [4.78, 5) is 12.3. The van der Waals surface area contributed by atoms with E-state index in [4.69, 9.17) is 0 Å². The Hall–Kier alpha value is -3.00. The summed E-state index contributed by atoms with van der Waals surface area (Å²) in [7, 11) is -3.59. The van der Waals surface area contributed by atoms with Crippen LogP contribution in [0.1, 0.15) is 27.3 Å². The third-order valence-electron chi connectivity index (χ3n) is 4.48. The SMILES string of the molecule is Cc1cc(C)n(Cc2ccc(C(=O)NCCS(=O)(=O)c3ccc(F)cc3)cc2)n1. The van der Waals surface area contributed by atoms with Gasteiger partial charge in [0.1, 0.15) is 5.82 Å². The summed E-state index contributed by atoms with van der Waals surface area (Å²) in [6.07, 6.45) is 0. The van der Waals surface area contributed by atoms with Crippen LogP contribution in [0.3, 0.4) is 0 Å². The number of benzene rings is 2. The van der Waals surface area contributed by atoms with E-state index in [9.17, 15) is 17.6 Å². The molecule has 1 heterocycles. The van der Waals surface area contributed by atoms with Crippen LogP contribution in [0.15, 0.2) is 59.5 Å². The van der Waals surface area contributed by atoms with Gasteiger partial charge < -0.3 is 5.32 Å². The fourth-order valence-electron chi connectivity index (χ4n) is 2.93. The normalized spacial score (nSPS) is 11.4. The zero-order valence-electron chi connectivity index (χ0n) is 16.2. The predicted octanol–water partition coefficient (Wildman–Crippen LogP) is 2.89. The lowest BCUT2D eigenvalue weighted by Crippen LogP contribution is -2.29. The van der Waals surface area contributed by atoms with Crippen molar-refractivity contribution in [1.82, 2.24) is 15.1 Å². The molecule has 152 valence electrons. The molecule has 0 spiro atoms.